The predicted octanol–water partition coefficient (Wildman–Crippen LogP) is 3.78. The molecule has 1 aliphatic heterocycles. The highest BCUT2D eigenvalue weighted by molar-refractivity contribution is 7.86. The molecule has 0 spiro atoms. The average Bonchev–Trinajstić information content (AvgIpc) is 2.68. The van der Waals surface area contributed by atoms with Gasteiger partial charge in [0, 0.05) is 5.39 Å². The maximum absolute atomic E-state index is 13.5. The Bertz CT molecular complexity index is 1270. The van der Waals surface area contributed by atoms with E-state index in [2.05, 4.69) is 4.28 Å². The molecule has 0 saturated heterocycles. The molecule has 0 aliphatic carbocycles. The van der Waals surface area contributed by atoms with E-state index in [-0.39, 0.29) is 26.3 Å². The lowest BCUT2D eigenvalue weighted by Gasteiger charge is -2.27. The van der Waals surface area contributed by atoms with Crippen molar-refractivity contribution in [2.45, 2.75) is 11.1 Å². The summed E-state index contributed by atoms with van der Waals surface area (Å²) < 4.78 is 70.1. The van der Waals surface area contributed by atoms with Crippen LogP contribution in [0.3, 0.4) is 0 Å². The van der Waals surface area contributed by atoms with Crippen molar-refractivity contribution in [3.05, 3.63) is 77.4 Å². The molecule has 1 aliphatic rings. The van der Waals surface area contributed by atoms with Crippen molar-refractivity contribution in [2.75, 3.05) is 0 Å². The van der Waals surface area contributed by atoms with E-state index in [4.69, 9.17) is 0 Å². The molecule has 0 unspecified atom stereocenters. The van der Waals surface area contributed by atoms with Gasteiger partial charge in [-0.25, -0.2) is 0 Å². The van der Waals surface area contributed by atoms with Crippen molar-refractivity contribution in [3.8, 4) is 0 Å². The second-order valence-electron chi connectivity index (χ2n) is 6.14. The maximum atomic E-state index is 13.5. The Morgan fingerprint density at radius 3 is 2.17 bits per heavy atom. The largest absolute Gasteiger partial charge is 0.417 e. The van der Waals surface area contributed by atoms with Gasteiger partial charge in [-0.15, -0.1) is 9.35 Å². The molecule has 1 heterocycles. The van der Waals surface area contributed by atoms with Crippen LogP contribution in [-0.2, 0) is 20.6 Å². The summed E-state index contributed by atoms with van der Waals surface area (Å²) in [4.78, 5) is 25.2. The Balaban J connectivity index is 1.90. The zero-order valence-corrected chi connectivity index (χ0v) is 15.1. The Labute approximate surface area is 162 Å². The second-order valence-corrected chi connectivity index (χ2v) is 7.66. The van der Waals surface area contributed by atoms with E-state index in [1.165, 1.54) is 36.4 Å². The van der Waals surface area contributed by atoms with Crippen molar-refractivity contribution < 1.29 is 35.5 Å². The minimum absolute atomic E-state index is 0.144. The molecule has 148 valence electrons. The number of benzene rings is 3. The van der Waals surface area contributed by atoms with Gasteiger partial charge >= 0.3 is 16.3 Å². The SMILES string of the molecule is O=C1c2cccc3ccc(C(F)(F)F)c(c23)C(=O)N1OS(=O)(=O)c1ccccc1. The molecule has 2 amide bonds. The predicted molar refractivity (Wildman–Crippen MR) is 94.2 cm³/mol. The highest BCUT2D eigenvalue weighted by atomic mass is 32.2. The topological polar surface area (TPSA) is 80.8 Å². The van der Waals surface area contributed by atoms with Gasteiger partial charge in [-0.3, -0.25) is 9.59 Å². The van der Waals surface area contributed by atoms with Gasteiger partial charge < -0.3 is 0 Å². The van der Waals surface area contributed by atoms with Crippen molar-refractivity contribution in [2.24, 2.45) is 0 Å². The van der Waals surface area contributed by atoms with Crippen molar-refractivity contribution in [1.29, 1.82) is 0 Å². The number of carbonyl (C=O) groups is 2. The lowest BCUT2D eigenvalue weighted by Crippen LogP contribution is -2.42. The van der Waals surface area contributed by atoms with Gasteiger partial charge in [0.2, 0.25) is 0 Å². The second kappa shape index (κ2) is 6.39. The van der Waals surface area contributed by atoms with E-state index in [1.54, 1.807) is 0 Å². The van der Waals surface area contributed by atoms with Crippen LogP contribution in [0.4, 0.5) is 13.2 Å². The molecule has 3 aromatic carbocycles. The van der Waals surface area contributed by atoms with E-state index in [1.807, 2.05) is 0 Å². The van der Waals surface area contributed by atoms with E-state index in [9.17, 15) is 31.2 Å². The first-order valence-electron chi connectivity index (χ1n) is 8.12. The molecule has 0 atom stereocenters. The first-order chi connectivity index (χ1) is 13.6. The lowest BCUT2D eigenvalue weighted by molar-refractivity contribution is -0.138. The highest BCUT2D eigenvalue weighted by Crippen LogP contribution is 2.40. The van der Waals surface area contributed by atoms with E-state index in [0.29, 0.717) is 6.07 Å². The molecular formula is C19H10F3NO5S. The first-order valence-corrected chi connectivity index (χ1v) is 9.53. The molecule has 10 heteroatoms. The Morgan fingerprint density at radius 1 is 0.828 bits per heavy atom. The van der Waals surface area contributed by atoms with Gasteiger partial charge in [0.25, 0.3) is 11.8 Å². The molecule has 3 aromatic rings. The van der Waals surface area contributed by atoms with Crippen molar-refractivity contribution in [1.82, 2.24) is 5.06 Å². The Hall–Kier alpha value is -3.24. The van der Waals surface area contributed by atoms with E-state index in [0.717, 1.165) is 18.2 Å². The monoisotopic (exact) mass is 421 g/mol. The van der Waals surface area contributed by atoms with Gasteiger partial charge in [-0.1, -0.05) is 36.4 Å². The molecule has 29 heavy (non-hydrogen) atoms. The van der Waals surface area contributed by atoms with Crippen LogP contribution in [0, 0.1) is 0 Å². The van der Waals surface area contributed by atoms with Gasteiger partial charge in [0.1, 0.15) is 0 Å². The molecule has 0 radical (unpaired) electrons. The zero-order chi connectivity index (χ0) is 21.0. The number of carbonyl (C=O) groups excluding carboxylic acids is 2. The quantitative estimate of drug-likeness (QED) is 0.602. The summed E-state index contributed by atoms with van der Waals surface area (Å²) in [5.74, 6) is -2.68. The van der Waals surface area contributed by atoms with Gasteiger partial charge in [-0.05, 0) is 29.7 Å². The van der Waals surface area contributed by atoms with Gasteiger partial charge in [-0.2, -0.15) is 21.6 Å². The van der Waals surface area contributed by atoms with Crippen LogP contribution < -0.4 is 0 Å². The number of halogens is 3. The van der Waals surface area contributed by atoms with Crippen molar-refractivity contribution in [3.63, 3.8) is 0 Å². The van der Waals surface area contributed by atoms with Crippen LogP contribution in [0.5, 0.6) is 0 Å². The normalized spacial score (nSPS) is 14.5. The third-order valence-corrected chi connectivity index (χ3v) is 5.56. The van der Waals surface area contributed by atoms with Crippen LogP contribution in [0.1, 0.15) is 26.3 Å². The first kappa shape index (κ1) is 19.1. The molecule has 0 fully saturated rings. The van der Waals surface area contributed by atoms with Crippen molar-refractivity contribution >= 4 is 32.7 Å². The highest BCUT2D eigenvalue weighted by Gasteiger charge is 2.44. The van der Waals surface area contributed by atoms with Crippen LogP contribution in [0.15, 0.2) is 65.6 Å². The summed E-state index contributed by atoms with van der Waals surface area (Å²) in [6, 6.07) is 12.5. The number of alkyl halides is 3. The fourth-order valence-corrected chi connectivity index (χ4v) is 4.02. The summed E-state index contributed by atoms with van der Waals surface area (Å²) >= 11 is 0. The summed E-state index contributed by atoms with van der Waals surface area (Å²) in [6.07, 6.45) is -4.91. The van der Waals surface area contributed by atoms with E-state index < -0.39 is 39.2 Å². The number of rotatable bonds is 3. The number of amides is 2. The summed E-state index contributed by atoms with van der Waals surface area (Å²) in [7, 11) is -4.64. The van der Waals surface area contributed by atoms with Gasteiger partial charge in [0.15, 0.2) is 0 Å². The minimum Gasteiger partial charge on any atom is -0.266 e. The van der Waals surface area contributed by atoms with Crippen LogP contribution >= 0.6 is 0 Å². The third kappa shape index (κ3) is 3.06. The minimum atomic E-state index is -4.91. The van der Waals surface area contributed by atoms with E-state index >= 15 is 0 Å². The smallest absolute Gasteiger partial charge is 0.266 e. The standard InChI is InChI=1S/C19H10F3NO5S/c20-19(21,22)14-10-9-11-5-4-8-13-15(11)16(14)18(25)23(17(13)24)28-29(26,27)12-6-2-1-3-7-12/h1-10H. The zero-order valence-electron chi connectivity index (χ0n) is 14.3. The molecular weight excluding hydrogens is 411 g/mol. The Kier molecular flexibility index (Phi) is 4.21. The molecule has 4 rings (SSSR count). The number of hydroxylamine groups is 2. The molecule has 0 N–H and O–H groups in total. The van der Waals surface area contributed by atoms with Crippen LogP contribution in [-0.4, -0.2) is 25.3 Å². The fraction of sp³-hybridized carbons (Fsp3) is 0.0526. The average molecular weight is 421 g/mol. The number of hydrogen-bond donors (Lipinski definition) is 0. The number of imide groups is 1. The maximum Gasteiger partial charge on any atom is 0.417 e. The van der Waals surface area contributed by atoms with Gasteiger partial charge in [0.05, 0.1) is 21.6 Å². The fourth-order valence-electron chi connectivity index (χ4n) is 3.11. The number of nitrogens with zero attached hydrogens (tertiary/aromatic N) is 1. The molecule has 0 aromatic heterocycles. The number of hydrogen-bond acceptors (Lipinski definition) is 5. The lowest BCUT2D eigenvalue weighted by atomic mass is 9.91. The van der Waals surface area contributed by atoms with Crippen LogP contribution in [0.25, 0.3) is 10.8 Å². The third-order valence-electron chi connectivity index (χ3n) is 4.37. The summed E-state index contributed by atoms with van der Waals surface area (Å²) in [6.45, 7) is 0. The summed E-state index contributed by atoms with van der Waals surface area (Å²) in [5.41, 5.74) is -2.40. The molecule has 6 nitrogen and oxygen atoms in total. The molecule has 0 saturated carbocycles. The summed E-state index contributed by atoms with van der Waals surface area (Å²) in [5, 5.41) is -0.110. The van der Waals surface area contributed by atoms with Crippen LogP contribution in [0.2, 0.25) is 0 Å². The Morgan fingerprint density at radius 2 is 1.52 bits per heavy atom. The molecule has 0 bridgehead atoms.